The van der Waals surface area contributed by atoms with Gasteiger partial charge in [0.2, 0.25) is 10.0 Å². The summed E-state index contributed by atoms with van der Waals surface area (Å²) in [7, 11) is -1.32. The third kappa shape index (κ3) is 4.74. The largest absolute Gasteiger partial charge is 0.329 e. The van der Waals surface area contributed by atoms with E-state index in [1.807, 2.05) is 25.2 Å². The van der Waals surface area contributed by atoms with E-state index in [9.17, 15) is 8.42 Å². The maximum absolute atomic E-state index is 12.3. The number of nitrogens with two attached hydrogens (primary N) is 1. The smallest absolute Gasteiger partial charge is 0.212 e. The molecule has 1 saturated heterocycles. The Labute approximate surface area is 126 Å². The number of pyridine rings is 1. The van der Waals surface area contributed by atoms with E-state index in [0.717, 1.165) is 31.6 Å². The Hall–Kier alpha value is -1.02. The van der Waals surface area contributed by atoms with Gasteiger partial charge in [0.05, 0.1) is 5.75 Å². The number of sulfonamides is 1. The molecule has 0 saturated carbocycles. The predicted molar refractivity (Wildman–Crippen MR) is 83.4 cm³/mol. The van der Waals surface area contributed by atoms with Crippen molar-refractivity contribution >= 4 is 10.0 Å². The summed E-state index contributed by atoms with van der Waals surface area (Å²) in [6.07, 6.45) is 3.59. The highest BCUT2D eigenvalue weighted by molar-refractivity contribution is 7.89. The van der Waals surface area contributed by atoms with Gasteiger partial charge in [0.1, 0.15) is 0 Å². The van der Waals surface area contributed by atoms with E-state index in [-0.39, 0.29) is 5.75 Å². The predicted octanol–water partition coefficient (Wildman–Crippen LogP) is -0.0334. The second-order valence-electron chi connectivity index (χ2n) is 5.78. The van der Waals surface area contributed by atoms with Crippen LogP contribution in [0.15, 0.2) is 24.4 Å². The molecule has 21 heavy (non-hydrogen) atoms. The summed E-state index contributed by atoms with van der Waals surface area (Å²) >= 11 is 0. The highest BCUT2D eigenvalue weighted by Crippen LogP contribution is 2.21. The van der Waals surface area contributed by atoms with E-state index in [1.165, 1.54) is 0 Å². The van der Waals surface area contributed by atoms with Gasteiger partial charge in [0, 0.05) is 30.4 Å². The van der Waals surface area contributed by atoms with Gasteiger partial charge in [0.25, 0.3) is 0 Å². The molecule has 1 aromatic heterocycles. The van der Waals surface area contributed by atoms with Gasteiger partial charge >= 0.3 is 0 Å². The van der Waals surface area contributed by atoms with E-state index >= 15 is 0 Å². The van der Waals surface area contributed by atoms with E-state index in [0.29, 0.717) is 13.0 Å². The Bertz CT molecular complexity index is 539. The van der Waals surface area contributed by atoms with Gasteiger partial charge in [-0.25, -0.2) is 13.1 Å². The van der Waals surface area contributed by atoms with Crippen molar-refractivity contribution in [3.63, 3.8) is 0 Å². The van der Waals surface area contributed by atoms with E-state index in [1.54, 1.807) is 6.20 Å². The molecule has 0 spiro atoms. The lowest BCUT2D eigenvalue weighted by atomic mass is 9.89. The summed E-state index contributed by atoms with van der Waals surface area (Å²) in [6.45, 7) is 2.06. The first-order valence-corrected chi connectivity index (χ1v) is 8.90. The molecular formula is C14H24N4O2S. The zero-order chi connectivity index (χ0) is 15.3. The van der Waals surface area contributed by atoms with Gasteiger partial charge in [-0.2, -0.15) is 0 Å². The van der Waals surface area contributed by atoms with E-state index in [2.05, 4.69) is 14.6 Å². The third-order valence-corrected chi connectivity index (χ3v) is 5.55. The number of aryl methyl sites for hydroxylation is 1. The van der Waals surface area contributed by atoms with E-state index < -0.39 is 15.6 Å². The molecule has 2 heterocycles. The Balaban J connectivity index is 1.96. The number of aromatic nitrogens is 1. The monoisotopic (exact) mass is 312 g/mol. The Morgan fingerprint density at radius 2 is 2.10 bits per heavy atom. The summed E-state index contributed by atoms with van der Waals surface area (Å²) in [5, 5.41) is 0. The fourth-order valence-electron chi connectivity index (χ4n) is 2.56. The van der Waals surface area contributed by atoms with Crippen LogP contribution in [0.4, 0.5) is 0 Å². The number of piperidine rings is 1. The SMILES string of the molecule is CN1CCC(CN)(NS(=O)(=O)CCc2ccccn2)CC1. The number of nitrogens with one attached hydrogen (secondary N) is 1. The highest BCUT2D eigenvalue weighted by atomic mass is 32.2. The molecule has 1 fully saturated rings. The molecule has 7 heteroatoms. The second kappa shape index (κ2) is 6.83. The van der Waals surface area contributed by atoms with Crippen molar-refractivity contribution in [3.8, 4) is 0 Å². The highest BCUT2D eigenvalue weighted by Gasteiger charge is 2.35. The summed E-state index contributed by atoms with van der Waals surface area (Å²) in [5.41, 5.74) is 6.13. The van der Waals surface area contributed by atoms with Crippen molar-refractivity contribution in [2.45, 2.75) is 24.8 Å². The normalized spacial score (nSPS) is 19.5. The lowest BCUT2D eigenvalue weighted by molar-refractivity contribution is 0.182. The summed E-state index contributed by atoms with van der Waals surface area (Å²) in [5.74, 6) is 0.0433. The van der Waals surface area contributed by atoms with Crippen molar-refractivity contribution in [2.24, 2.45) is 5.73 Å². The lowest BCUT2D eigenvalue weighted by Gasteiger charge is -2.40. The molecule has 0 aromatic carbocycles. The molecule has 0 radical (unpaired) electrons. The zero-order valence-electron chi connectivity index (χ0n) is 12.5. The van der Waals surface area contributed by atoms with Crippen molar-refractivity contribution in [3.05, 3.63) is 30.1 Å². The second-order valence-corrected chi connectivity index (χ2v) is 7.62. The zero-order valence-corrected chi connectivity index (χ0v) is 13.3. The fourth-order valence-corrected chi connectivity index (χ4v) is 4.09. The molecule has 0 atom stereocenters. The topological polar surface area (TPSA) is 88.3 Å². The molecular weight excluding hydrogens is 288 g/mol. The number of nitrogens with zero attached hydrogens (tertiary/aromatic N) is 2. The van der Waals surface area contributed by atoms with Crippen LogP contribution in [0, 0.1) is 0 Å². The number of hydrogen-bond donors (Lipinski definition) is 2. The van der Waals surface area contributed by atoms with Crippen molar-refractivity contribution in [1.29, 1.82) is 0 Å². The van der Waals surface area contributed by atoms with Crippen LogP contribution in [0.2, 0.25) is 0 Å². The fraction of sp³-hybridized carbons (Fsp3) is 0.643. The first-order chi connectivity index (χ1) is 9.95. The quantitative estimate of drug-likeness (QED) is 0.770. The summed E-state index contributed by atoms with van der Waals surface area (Å²) in [6, 6.07) is 5.52. The molecule has 118 valence electrons. The van der Waals surface area contributed by atoms with Gasteiger partial charge < -0.3 is 10.6 Å². The molecule has 0 bridgehead atoms. The van der Waals surface area contributed by atoms with Crippen LogP contribution in [0.1, 0.15) is 18.5 Å². The van der Waals surface area contributed by atoms with Crippen molar-refractivity contribution < 1.29 is 8.42 Å². The van der Waals surface area contributed by atoms with Crippen LogP contribution in [0.25, 0.3) is 0 Å². The Morgan fingerprint density at radius 3 is 2.67 bits per heavy atom. The van der Waals surface area contributed by atoms with Gasteiger partial charge in [-0.1, -0.05) is 6.07 Å². The number of likely N-dealkylation sites (tertiary alicyclic amines) is 1. The standard InChI is InChI=1S/C14H24N4O2S/c1-18-9-6-14(12-15,7-10-18)17-21(19,20)11-5-13-4-2-3-8-16-13/h2-4,8,17H,5-7,9-12,15H2,1H3. The van der Waals surface area contributed by atoms with Crippen molar-refractivity contribution in [1.82, 2.24) is 14.6 Å². The molecule has 0 unspecified atom stereocenters. The first kappa shape index (κ1) is 16.4. The molecule has 3 N–H and O–H groups in total. The van der Waals surface area contributed by atoms with Crippen LogP contribution in [0.5, 0.6) is 0 Å². The van der Waals surface area contributed by atoms with Crippen LogP contribution in [0.3, 0.4) is 0 Å². The average molecular weight is 312 g/mol. The molecule has 2 rings (SSSR count). The molecule has 1 aromatic rings. The van der Waals surface area contributed by atoms with Crippen molar-refractivity contribution in [2.75, 3.05) is 32.4 Å². The lowest BCUT2D eigenvalue weighted by Crippen LogP contribution is -2.59. The minimum absolute atomic E-state index is 0.0433. The third-order valence-electron chi connectivity index (χ3n) is 4.06. The van der Waals surface area contributed by atoms with Gasteiger partial charge in [-0.3, -0.25) is 4.98 Å². The maximum Gasteiger partial charge on any atom is 0.212 e. The molecule has 6 nitrogen and oxygen atoms in total. The van der Waals surface area contributed by atoms with Crippen LogP contribution >= 0.6 is 0 Å². The van der Waals surface area contributed by atoms with Crippen LogP contribution < -0.4 is 10.5 Å². The molecule has 0 amide bonds. The summed E-state index contributed by atoms with van der Waals surface area (Å²) < 4.78 is 27.5. The Kier molecular flexibility index (Phi) is 5.32. The van der Waals surface area contributed by atoms with Crippen LogP contribution in [-0.4, -0.2) is 56.3 Å². The maximum atomic E-state index is 12.3. The van der Waals surface area contributed by atoms with Gasteiger partial charge in [-0.05, 0) is 45.1 Å². The number of rotatable bonds is 6. The number of hydrogen-bond acceptors (Lipinski definition) is 5. The van der Waals surface area contributed by atoms with E-state index in [4.69, 9.17) is 5.73 Å². The minimum Gasteiger partial charge on any atom is -0.329 e. The first-order valence-electron chi connectivity index (χ1n) is 7.25. The summed E-state index contributed by atoms with van der Waals surface area (Å²) in [4.78, 5) is 6.34. The molecule has 0 aliphatic carbocycles. The van der Waals surface area contributed by atoms with Crippen LogP contribution in [-0.2, 0) is 16.4 Å². The Morgan fingerprint density at radius 1 is 1.38 bits per heavy atom. The molecule has 1 aliphatic rings. The van der Waals surface area contributed by atoms with Gasteiger partial charge in [0.15, 0.2) is 0 Å². The average Bonchev–Trinajstić information content (AvgIpc) is 2.49. The van der Waals surface area contributed by atoms with Gasteiger partial charge in [-0.15, -0.1) is 0 Å². The minimum atomic E-state index is -3.36. The molecule has 1 aliphatic heterocycles.